The van der Waals surface area contributed by atoms with Crippen LogP contribution < -0.4 is 9.46 Å². The molecule has 1 aliphatic heterocycles. The lowest BCUT2D eigenvalue weighted by Gasteiger charge is -2.22. The van der Waals surface area contributed by atoms with Gasteiger partial charge in [-0.2, -0.15) is 0 Å². The molecule has 4 heterocycles. The van der Waals surface area contributed by atoms with Gasteiger partial charge in [-0.1, -0.05) is 17.7 Å². The van der Waals surface area contributed by atoms with Crippen LogP contribution in [0.4, 0.5) is 5.95 Å². The van der Waals surface area contributed by atoms with Crippen LogP contribution in [-0.4, -0.2) is 70.8 Å². The molecule has 0 unspecified atom stereocenters. The van der Waals surface area contributed by atoms with E-state index >= 15 is 0 Å². The standard InChI is InChI=1S/C21H26ClN7O5S/c1-13(18(33-3)19-23-9-15(22)10-24-19)35(30,31)28-21-27-26-20(16-5-4-6-17(25-16)32-2)29(21)11-14-7-8-34-12-14/h4-6,9-10,13-14,18H,7-8,11-12H2,1-3H3,(H,27,28)/t13-,14+,18-/m0/s1. The Morgan fingerprint density at radius 3 is 2.69 bits per heavy atom. The summed E-state index contributed by atoms with van der Waals surface area (Å²) in [5, 5.41) is 7.65. The van der Waals surface area contributed by atoms with Crippen molar-refractivity contribution in [2.75, 3.05) is 32.2 Å². The summed E-state index contributed by atoms with van der Waals surface area (Å²) in [5.74, 6) is 1.24. The summed E-state index contributed by atoms with van der Waals surface area (Å²) in [4.78, 5) is 12.6. The molecular weight excluding hydrogens is 498 g/mol. The molecule has 1 N–H and O–H groups in total. The van der Waals surface area contributed by atoms with Crippen molar-refractivity contribution in [3.05, 3.63) is 41.4 Å². The number of sulfonamides is 1. The first-order valence-electron chi connectivity index (χ1n) is 10.9. The van der Waals surface area contributed by atoms with E-state index in [0.29, 0.717) is 42.2 Å². The second-order valence-corrected chi connectivity index (χ2v) is 10.5. The average molecular weight is 524 g/mol. The number of hydrogen-bond acceptors (Lipinski definition) is 10. The number of anilines is 1. The van der Waals surface area contributed by atoms with Crippen LogP contribution in [0.3, 0.4) is 0 Å². The molecule has 188 valence electrons. The zero-order chi connectivity index (χ0) is 25.0. The van der Waals surface area contributed by atoms with Crippen LogP contribution in [0.15, 0.2) is 30.6 Å². The van der Waals surface area contributed by atoms with Gasteiger partial charge in [-0.15, -0.1) is 10.2 Å². The first-order chi connectivity index (χ1) is 16.8. The van der Waals surface area contributed by atoms with Crippen molar-refractivity contribution in [1.29, 1.82) is 0 Å². The van der Waals surface area contributed by atoms with Crippen molar-refractivity contribution in [1.82, 2.24) is 29.7 Å². The van der Waals surface area contributed by atoms with E-state index in [2.05, 4.69) is 29.9 Å². The monoisotopic (exact) mass is 523 g/mol. The third-order valence-corrected chi connectivity index (χ3v) is 7.56. The maximum Gasteiger partial charge on any atom is 0.240 e. The Labute approximate surface area is 208 Å². The van der Waals surface area contributed by atoms with Crippen molar-refractivity contribution < 1.29 is 22.6 Å². The first kappa shape index (κ1) is 25.2. The van der Waals surface area contributed by atoms with Crippen LogP contribution >= 0.6 is 11.6 Å². The fourth-order valence-corrected chi connectivity index (χ4v) is 4.99. The predicted molar refractivity (Wildman–Crippen MR) is 128 cm³/mol. The van der Waals surface area contributed by atoms with Gasteiger partial charge in [0.1, 0.15) is 17.0 Å². The zero-order valence-corrected chi connectivity index (χ0v) is 21.0. The van der Waals surface area contributed by atoms with Crippen LogP contribution in [0.25, 0.3) is 11.5 Å². The van der Waals surface area contributed by atoms with E-state index in [-0.39, 0.29) is 17.7 Å². The molecule has 35 heavy (non-hydrogen) atoms. The summed E-state index contributed by atoms with van der Waals surface area (Å²) in [6.45, 7) is 3.16. The number of halogens is 1. The van der Waals surface area contributed by atoms with Gasteiger partial charge < -0.3 is 14.2 Å². The molecule has 4 rings (SSSR count). The minimum atomic E-state index is -4.01. The molecule has 0 bridgehead atoms. The summed E-state index contributed by atoms with van der Waals surface area (Å²) in [7, 11) is -1.10. The molecule has 3 atom stereocenters. The SMILES string of the molecule is COc1cccc(-c2nnc(NS(=O)(=O)[C@@H](C)[C@H](OC)c3ncc(Cl)cn3)n2C[C@H]2CCOC2)n1. The van der Waals surface area contributed by atoms with E-state index in [1.54, 1.807) is 22.8 Å². The number of nitrogens with zero attached hydrogens (tertiary/aromatic N) is 6. The molecular formula is C21H26ClN7O5S. The molecule has 0 aromatic carbocycles. The molecule has 0 radical (unpaired) electrons. The van der Waals surface area contributed by atoms with Crippen molar-refractivity contribution in [2.24, 2.45) is 5.92 Å². The highest BCUT2D eigenvalue weighted by molar-refractivity contribution is 7.93. The Hall–Kier alpha value is -2.87. The van der Waals surface area contributed by atoms with Crippen LogP contribution in [0, 0.1) is 5.92 Å². The normalized spacial score (nSPS) is 17.8. The largest absolute Gasteiger partial charge is 0.481 e. The van der Waals surface area contributed by atoms with E-state index in [1.807, 2.05) is 0 Å². The summed E-state index contributed by atoms with van der Waals surface area (Å²) < 4.78 is 47.2. The van der Waals surface area contributed by atoms with Gasteiger partial charge in [-0.05, 0) is 19.4 Å². The van der Waals surface area contributed by atoms with Gasteiger partial charge in [0.2, 0.25) is 21.9 Å². The molecule has 3 aromatic rings. The molecule has 1 fully saturated rings. The lowest BCUT2D eigenvalue weighted by atomic mass is 10.1. The van der Waals surface area contributed by atoms with Crippen molar-refractivity contribution in [2.45, 2.75) is 31.2 Å². The molecule has 1 saturated heterocycles. The molecule has 3 aromatic heterocycles. The van der Waals surface area contributed by atoms with Crippen molar-refractivity contribution >= 4 is 27.6 Å². The minimum absolute atomic E-state index is 0.0650. The van der Waals surface area contributed by atoms with Crippen LogP contribution in [0.1, 0.15) is 25.3 Å². The van der Waals surface area contributed by atoms with Gasteiger partial charge in [0, 0.05) is 44.6 Å². The van der Waals surface area contributed by atoms with Crippen molar-refractivity contribution in [3.8, 4) is 17.4 Å². The van der Waals surface area contributed by atoms with Crippen LogP contribution in [-0.2, 0) is 26.0 Å². The predicted octanol–water partition coefficient (Wildman–Crippen LogP) is 2.35. The number of hydrogen-bond donors (Lipinski definition) is 1. The summed E-state index contributed by atoms with van der Waals surface area (Å²) in [5.41, 5.74) is 0.499. The molecule has 1 aliphatic rings. The van der Waals surface area contributed by atoms with E-state index < -0.39 is 21.4 Å². The molecule has 12 nitrogen and oxygen atoms in total. The number of ether oxygens (including phenoxy) is 3. The van der Waals surface area contributed by atoms with Crippen molar-refractivity contribution in [3.63, 3.8) is 0 Å². The van der Waals surface area contributed by atoms with Gasteiger partial charge in [-0.25, -0.2) is 23.4 Å². The fourth-order valence-electron chi connectivity index (χ4n) is 3.74. The fraction of sp³-hybridized carbons (Fsp3) is 0.476. The first-order valence-corrected chi connectivity index (χ1v) is 12.8. The molecule has 0 saturated carbocycles. The van der Waals surface area contributed by atoms with Crippen LogP contribution in [0.5, 0.6) is 5.88 Å². The third-order valence-electron chi connectivity index (χ3n) is 5.68. The average Bonchev–Trinajstić information content (AvgIpc) is 3.51. The number of aromatic nitrogens is 6. The Morgan fingerprint density at radius 2 is 2.03 bits per heavy atom. The Morgan fingerprint density at radius 1 is 1.26 bits per heavy atom. The smallest absolute Gasteiger partial charge is 0.240 e. The van der Waals surface area contributed by atoms with Gasteiger partial charge in [-0.3, -0.25) is 9.29 Å². The number of nitrogens with one attached hydrogen (secondary N) is 1. The lowest BCUT2D eigenvalue weighted by molar-refractivity contribution is 0.0950. The Bertz CT molecular complexity index is 1250. The second-order valence-electron chi connectivity index (χ2n) is 8.02. The van der Waals surface area contributed by atoms with Gasteiger partial charge in [0.05, 0.1) is 18.7 Å². The Balaban J connectivity index is 1.66. The number of pyridine rings is 1. The highest BCUT2D eigenvalue weighted by Gasteiger charge is 2.34. The van der Waals surface area contributed by atoms with Gasteiger partial charge >= 0.3 is 0 Å². The number of methoxy groups -OCH3 is 2. The quantitative estimate of drug-likeness (QED) is 0.420. The highest BCUT2D eigenvalue weighted by Crippen LogP contribution is 2.28. The molecule has 0 amide bonds. The summed E-state index contributed by atoms with van der Waals surface area (Å²) in [6, 6.07) is 5.25. The van der Waals surface area contributed by atoms with E-state index in [1.165, 1.54) is 33.5 Å². The van der Waals surface area contributed by atoms with Gasteiger partial charge in [0.15, 0.2) is 11.6 Å². The highest BCUT2D eigenvalue weighted by atomic mass is 35.5. The summed E-state index contributed by atoms with van der Waals surface area (Å²) >= 11 is 5.86. The molecule has 0 aliphatic carbocycles. The number of rotatable bonds is 10. The topological polar surface area (TPSA) is 143 Å². The molecule has 14 heteroatoms. The van der Waals surface area contributed by atoms with E-state index in [4.69, 9.17) is 25.8 Å². The maximum absolute atomic E-state index is 13.4. The zero-order valence-electron chi connectivity index (χ0n) is 19.5. The van der Waals surface area contributed by atoms with E-state index in [0.717, 1.165) is 6.42 Å². The minimum Gasteiger partial charge on any atom is -0.481 e. The van der Waals surface area contributed by atoms with Gasteiger partial charge in [0.25, 0.3) is 0 Å². The third kappa shape index (κ3) is 5.69. The maximum atomic E-state index is 13.4. The lowest BCUT2D eigenvalue weighted by Crippen LogP contribution is -2.33. The summed E-state index contributed by atoms with van der Waals surface area (Å²) in [6.07, 6.45) is 2.67. The van der Waals surface area contributed by atoms with E-state index in [9.17, 15) is 8.42 Å². The molecule has 0 spiro atoms. The second kappa shape index (κ2) is 10.8. The Kier molecular flexibility index (Phi) is 7.79. The van der Waals surface area contributed by atoms with Crippen LogP contribution in [0.2, 0.25) is 5.02 Å².